The summed E-state index contributed by atoms with van der Waals surface area (Å²) in [6, 6.07) is 41.2. The quantitative estimate of drug-likeness (QED) is 0.117. The summed E-state index contributed by atoms with van der Waals surface area (Å²) in [7, 11) is 7.99. The van der Waals surface area contributed by atoms with Gasteiger partial charge in [-0.3, -0.25) is 0 Å². The van der Waals surface area contributed by atoms with Crippen molar-refractivity contribution in [1.29, 1.82) is 0 Å². The van der Waals surface area contributed by atoms with E-state index in [2.05, 4.69) is 203 Å². The van der Waals surface area contributed by atoms with Gasteiger partial charge in [0.2, 0.25) is 45.6 Å². The molecule has 4 aromatic carbocycles. The molecule has 0 unspecified atom stereocenters. The zero-order valence-electron chi connectivity index (χ0n) is 75.9. The Kier molecular flexibility index (Phi) is 17.5. The SMILES string of the molecule is CCc1cc(-c2c(C)ccc3c2oc2nc(C)ccc23)[n+](C)cc1C(C)C.CCc1cc(-c2c(C)ccc3c2oc2ncccc23)[n+](C)cc1C(C)C.[2H]C([2H])(C)c1cc(-c2c(C)ccc3c2oc2ncccc23)[n+](C)cc1C(C)C.[2H]C([2H])([2H])C(C)(C([2H])([2H])[2H])C([2H])([2H])c1c[n+](C)c(-c2c(C)ccc3c2oc2nc(C)ccc23)cc1C. The maximum absolute atomic E-state index is 8.82. The molecule has 0 radical (unpaired) electrons. The van der Waals surface area contributed by atoms with E-state index < -0.39 is 31.9 Å². The second-order valence-electron chi connectivity index (χ2n) is 29.9. The molecule has 0 N–H and O–H groups in total. The van der Waals surface area contributed by atoms with Gasteiger partial charge in [-0.1, -0.05) is 131 Å². The van der Waals surface area contributed by atoms with Crippen molar-refractivity contribution in [3.8, 4) is 45.0 Å². The average Bonchev–Trinajstić information content (AvgIpc) is 1.62. The van der Waals surface area contributed by atoms with Gasteiger partial charge in [0.15, 0.2) is 47.1 Å². The highest BCUT2D eigenvalue weighted by Gasteiger charge is 2.29. The highest BCUT2D eigenvalue weighted by atomic mass is 16.4. The summed E-state index contributed by atoms with van der Waals surface area (Å²) in [6.07, 6.45) is 9.54. The van der Waals surface area contributed by atoms with E-state index in [-0.39, 0.29) is 11.5 Å². The Hall–Kier alpha value is -10.7. The number of aromatic nitrogens is 8. The van der Waals surface area contributed by atoms with E-state index in [1.165, 1.54) is 51.0 Å². The molecule has 12 heterocycles. The van der Waals surface area contributed by atoms with Crippen molar-refractivity contribution < 1.29 is 49.6 Å². The monoisotopic (exact) mass is 1430 g/mol. The molecule has 0 saturated carbocycles. The molecule has 16 rings (SSSR count). The van der Waals surface area contributed by atoms with Crippen LogP contribution in [0.3, 0.4) is 0 Å². The highest BCUT2D eigenvalue weighted by Crippen LogP contribution is 2.42. The first-order valence-corrected chi connectivity index (χ1v) is 37.2. The summed E-state index contributed by atoms with van der Waals surface area (Å²) in [6.45, 7) is 28.0. The van der Waals surface area contributed by atoms with Gasteiger partial charge in [0.1, 0.15) is 28.2 Å². The summed E-state index contributed by atoms with van der Waals surface area (Å²) in [5.74, 6) is 1.26. The van der Waals surface area contributed by atoms with E-state index in [0.717, 1.165) is 147 Å². The number of nitrogens with zero attached hydrogens (tertiary/aromatic N) is 8. The lowest BCUT2D eigenvalue weighted by atomic mass is 9.86. The second kappa shape index (κ2) is 29.9. The lowest BCUT2D eigenvalue weighted by Crippen LogP contribution is -2.32. The minimum atomic E-state index is -3.08. The Labute approximate surface area is 644 Å². The molecule has 0 saturated heterocycles. The van der Waals surface area contributed by atoms with Crippen LogP contribution in [0.1, 0.15) is 193 Å². The van der Waals surface area contributed by atoms with Crippen LogP contribution in [0.5, 0.6) is 0 Å². The lowest BCUT2D eigenvalue weighted by Gasteiger charge is -2.19. The lowest BCUT2D eigenvalue weighted by molar-refractivity contribution is -0.661. The fraction of sp³-hybridized carbons (Fsp3) is 0.326. The van der Waals surface area contributed by atoms with Crippen LogP contribution in [-0.2, 0) is 53.8 Å². The van der Waals surface area contributed by atoms with Gasteiger partial charge in [0.25, 0.3) is 0 Å². The number of benzene rings is 4. The van der Waals surface area contributed by atoms with Crippen molar-refractivity contribution in [2.75, 3.05) is 0 Å². The van der Waals surface area contributed by atoms with Crippen LogP contribution in [0.25, 0.3) is 133 Å². The molecular formula is C95H106N8O4+4. The molecule has 0 fully saturated rings. The maximum Gasteiger partial charge on any atom is 0.227 e. The zero-order chi connectivity index (χ0) is 84.9. The van der Waals surface area contributed by atoms with Crippen LogP contribution in [0, 0.1) is 53.9 Å². The smallest absolute Gasteiger partial charge is 0.227 e. The first kappa shape index (κ1) is 62.5. The third-order valence-corrected chi connectivity index (χ3v) is 20.8. The topological polar surface area (TPSA) is 120 Å². The van der Waals surface area contributed by atoms with Crippen molar-refractivity contribution in [2.45, 2.75) is 175 Å². The van der Waals surface area contributed by atoms with Crippen LogP contribution in [-0.4, -0.2) is 19.9 Å². The Balaban J connectivity index is 0.000000137. The van der Waals surface area contributed by atoms with Crippen molar-refractivity contribution >= 4 is 88.3 Å². The van der Waals surface area contributed by atoms with Gasteiger partial charge in [-0.05, 0) is 190 Å². The molecule has 0 aliphatic heterocycles. The number of rotatable bonds is 11. The van der Waals surface area contributed by atoms with Gasteiger partial charge >= 0.3 is 0 Å². The van der Waals surface area contributed by atoms with Gasteiger partial charge in [0.05, 0.1) is 22.3 Å². The number of hydrogen-bond donors (Lipinski definition) is 0. The van der Waals surface area contributed by atoms with Crippen molar-refractivity contribution in [3.05, 3.63) is 237 Å². The normalized spacial score (nSPS) is 13.8. The molecule has 12 aromatic heterocycles. The second-order valence-corrected chi connectivity index (χ2v) is 29.9. The molecule has 107 heavy (non-hydrogen) atoms. The Morgan fingerprint density at radius 3 is 1.05 bits per heavy atom. The number of fused-ring (bicyclic) bond motifs is 12. The average molecular weight is 1430 g/mol. The van der Waals surface area contributed by atoms with Gasteiger partial charge < -0.3 is 17.7 Å². The summed E-state index contributed by atoms with van der Waals surface area (Å²) in [5.41, 5.74) is 25.4. The Morgan fingerprint density at radius 1 is 0.383 bits per heavy atom. The van der Waals surface area contributed by atoms with E-state index in [4.69, 9.17) is 31.4 Å². The van der Waals surface area contributed by atoms with Crippen molar-refractivity contribution in [1.82, 2.24) is 19.9 Å². The molecule has 546 valence electrons. The van der Waals surface area contributed by atoms with Crippen molar-refractivity contribution in [3.63, 3.8) is 0 Å². The van der Waals surface area contributed by atoms with E-state index in [1.54, 1.807) is 43.9 Å². The Morgan fingerprint density at radius 2 is 0.701 bits per heavy atom. The fourth-order valence-electron chi connectivity index (χ4n) is 15.2. The summed E-state index contributed by atoms with van der Waals surface area (Å²) in [5, 5.41) is 8.20. The molecule has 0 amide bonds. The molecule has 16 aromatic rings. The highest BCUT2D eigenvalue weighted by molar-refractivity contribution is 6.12. The molecule has 0 aliphatic rings. The van der Waals surface area contributed by atoms with Crippen LogP contribution in [0.2, 0.25) is 0 Å². The number of furan rings is 4. The predicted octanol–water partition coefficient (Wildman–Crippen LogP) is 22.7. The minimum absolute atomic E-state index is 0.00947. The van der Waals surface area contributed by atoms with Crippen LogP contribution >= 0.6 is 0 Å². The third kappa shape index (κ3) is 14.4. The van der Waals surface area contributed by atoms with E-state index in [9.17, 15) is 0 Å². The Bertz CT molecular complexity index is 6560. The molecule has 12 heteroatoms. The third-order valence-electron chi connectivity index (χ3n) is 20.8. The standard InChI is InChI=1S/C25H29N2O.C24H27N2O.2C23H25N2O/c1-15-8-10-19-20-11-9-17(3)26-24(20)28-23(19)22(15)21-12-16(2)18(14-27(21)7)13-25(4,5)6;1-7-17-12-21(26(6)13-20(17)14(2)3)22-15(4)8-10-18-19-11-9-16(5)25-24(19)27-23(18)22;2*1-6-16-12-20(25(5)13-19(16)14(2)3)21-15(4)9-10-17-18-8-7-11-24-23(18)26-22(17)21/h8-12,14H,13H2,1-7H3;8-14H,7H2,1-6H3;2*7-14H,6H2,1-5H3/q4*+1/i4D3,5D3,13D2;;6D2;. The van der Waals surface area contributed by atoms with Crippen LogP contribution in [0.15, 0.2) is 176 Å². The summed E-state index contributed by atoms with van der Waals surface area (Å²) in [4.78, 5) is 17.9. The van der Waals surface area contributed by atoms with Gasteiger partial charge in [-0.15, -0.1) is 0 Å². The minimum Gasteiger partial charge on any atom is -0.437 e. The number of hydrogen-bond acceptors (Lipinski definition) is 8. The number of pyridine rings is 8. The molecule has 0 spiro atoms. The van der Waals surface area contributed by atoms with Gasteiger partial charge in [-0.25, -0.2) is 38.2 Å². The van der Waals surface area contributed by atoms with Gasteiger partial charge in [-0.2, -0.15) is 0 Å². The predicted molar refractivity (Wildman–Crippen MR) is 439 cm³/mol. The summed E-state index contributed by atoms with van der Waals surface area (Å²) >= 11 is 0. The van der Waals surface area contributed by atoms with E-state index >= 15 is 0 Å². The molecular weight excluding hydrogens is 1320 g/mol. The fourth-order valence-corrected chi connectivity index (χ4v) is 15.2. The summed E-state index contributed by atoms with van der Waals surface area (Å²) < 4.78 is 115. The molecule has 0 atom stereocenters. The largest absolute Gasteiger partial charge is 0.437 e. The van der Waals surface area contributed by atoms with Gasteiger partial charge in [0, 0.05) is 127 Å². The first-order valence-electron chi connectivity index (χ1n) is 42.2. The first-order chi connectivity index (χ1) is 55.0. The van der Waals surface area contributed by atoms with Crippen LogP contribution in [0.4, 0.5) is 0 Å². The van der Waals surface area contributed by atoms with Crippen molar-refractivity contribution in [2.24, 2.45) is 33.6 Å². The zero-order valence-corrected chi connectivity index (χ0v) is 65.9. The van der Waals surface area contributed by atoms with Crippen LogP contribution < -0.4 is 18.3 Å². The van der Waals surface area contributed by atoms with E-state index in [1.807, 2.05) is 82.4 Å². The molecule has 0 bridgehead atoms. The maximum atomic E-state index is 8.82. The molecule has 0 aliphatic carbocycles. The van der Waals surface area contributed by atoms with E-state index in [0.29, 0.717) is 45.8 Å². The molecule has 12 nitrogen and oxygen atoms in total. The number of aryl methyl sites for hydroxylation is 14.